The molecule has 0 rings (SSSR count). The Balaban J connectivity index is 6.37. The van der Waals surface area contributed by atoms with E-state index < -0.39 is 48.6 Å². The first-order valence-electron chi connectivity index (χ1n) is 4.87. The fourth-order valence-electron chi connectivity index (χ4n) is 1.16. The van der Waals surface area contributed by atoms with Gasteiger partial charge in [0.2, 0.25) is 5.60 Å². The van der Waals surface area contributed by atoms with Crippen molar-refractivity contribution in [3.8, 4) is 0 Å². The summed E-state index contributed by atoms with van der Waals surface area (Å²) in [5.74, 6) is -30.0. The third-order valence-corrected chi connectivity index (χ3v) is 2.72. The number of rotatable bonds is 4. The maximum Gasteiger partial charge on any atom is 0.459 e. The van der Waals surface area contributed by atoms with Crippen LogP contribution in [0, 0.1) is 0 Å². The van der Waals surface area contributed by atoms with E-state index in [1.165, 1.54) is 0 Å². The van der Waals surface area contributed by atoms with Crippen molar-refractivity contribution in [1.82, 2.24) is 0 Å². The summed E-state index contributed by atoms with van der Waals surface area (Å²) >= 11 is 0. The molecule has 0 saturated carbocycles. The summed E-state index contributed by atoms with van der Waals surface area (Å²) in [6.07, 6.45) is -14.7. The fourth-order valence-corrected chi connectivity index (χ4v) is 1.16. The zero-order chi connectivity index (χ0) is 19.5. The highest BCUT2D eigenvalue weighted by atomic mass is 19.4. The molecule has 0 amide bonds. The van der Waals surface area contributed by atoms with Crippen LogP contribution in [0.3, 0.4) is 0 Å². The van der Waals surface area contributed by atoms with E-state index >= 15 is 0 Å². The van der Waals surface area contributed by atoms with Gasteiger partial charge in [-0.2, -0.15) is 61.5 Å². The number of alkyl halides is 14. The Morgan fingerprint density at radius 3 is 0.739 bits per heavy atom. The number of halogens is 14. The van der Waals surface area contributed by atoms with Crippen molar-refractivity contribution in [3.05, 3.63) is 0 Å². The Morgan fingerprint density at radius 2 is 0.609 bits per heavy atom. The highest BCUT2D eigenvalue weighted by Gasteiger charge is 2.89. The quantitative estimate of drug-likeness (QED) is 0.715. The van der Waals surface area contributed by atoms with Crippen LogP contribution in [0.5, 0.6) is 0 Å². The Labute approximate surface area is 116 Å². The summed E-state index contributed by atoms with van der Waals surface area (Å²) < 4.78 is 173. The summed E-state index contributed by atoms with van der Waals surface area (Å²) in [4.78, 5) is 0. The van der Waals surface area contributed by atoms with Crippen LogP contribution in [0.2, 0.25) is 0 Å². The zero-order valence-electron chi connectivity index (χ0n) is 10.2. The molecule has 140 valence electrons. The van der Waals surface area contributed by atoms with Crippen molar-refractivity contribution < 1.29 is 66.6 Å². The van der Waals surface area contributed by atoms with Crippen molar-refractivity contribution in [2.24, 2.45) is 0 Å². The van der Waals surface area contributed by atoms with Gasteiger partial charge in [0.25, 0.3) is 0 Å². The second-order valence-electron chi connectivity index (χ2n) is 4.37. The van der Waals surface area contributed by atoms with Gasteiger partial charge in [-0.25, -0.2) is 0 Å². The molecule has 0 bridgehead atoms. The maximum absolute atomic E-state index is 13.0. The summed E-state index contributed by atoms with van der Waals surface area (Å²) in [5.41, 5.74) is -6.43. The van der Waals surface area contributed by atoms with Crippen LogP contribution >= 0.6 is 0 Å². The topological polar surface area (TPSA) is 20.2 Å². The number of aliphatic hydroxyl groups is 1. The molecule has 1 nitrogen and oxygen atoms in total. The summed E-state index contributed by atoms with van der Waals surface area (Å²) in [5, 5.41) is 8.51. The standard InChI is InChI=1S/C8H4F14O/c1-2(23,3(9,10)5(13,14)7(17,18)19)4(11,12)6(15,16)8(20,21)22/h23H,1H3. The van der Waals surface area contributed by atoms with E-state index in [0.29, 0.717) is 0 Å². The fraction of sp³-hybridized carbons (Fsp3) is 1.00. The zero-order valence-corrected chi connectivity index (χ0v) is 10.2. The molecule has 0 aromatic heterocycles. The molecule has 0 heterocycles. The van der Waals surface area contributed by atoms with E-state index in [1.807, 2.05) is 0 Å². The average Bonchev–Trinajstić information content (AvgIpc) is 2.24. The third kappa shape index (κ3) is 2.69. The van der Waals surface area contributed by atoms with Gasteiger partial charge >= 0.3 is 36.0 Å². The Bertz CT molecular complexity index is 401. The van der Waals surface area contributed by atoms with E-state index in [1.54, 1.807) is 0 Å². The number of hydrogen-bond donors (Lipinski definition) is 1. The van der Waals surface area contributed by atoms with Crippen molar-refractivity contribution in [1.29, 1.82) is 0 Å². The molecule has 0 aliphatic carbocycles. The largest absolute Gasteiger partial charge is 0.459 e. The summed E-state index contributed by atoms with van der Waals surface area (Å²) in [7, 11) is 0. The lowest BCUT2D eigenvalue weighted by atomic mass is 9.82. The lowest BCUT2D eigenvalue weighted by Crippen LogP contribution is -2.74. The summed E-state index contributed by atoms with van der Waals surface area (Å²) in [6, 6.07) is 0. The average molecular weight is 382 g/mol. The molecule has 0 fully saturated rings. The number of hydrogen-bond acceptors (Lipinski definition) is 1. The van der Waals surface area contributed by atoms with Crippen molar-refractivity contribution in [3.63, 3.8) is 0 Å². The monoisotopic (exact) mass is 382 g/mol. The molecule has 0 aliphatic heterocycles. The Morgan fingerprint density at radius 1 is 0.435 bits per heavy atom. The molecule has 0 aromatic carbocycles. The van der Waals surface area contributed by atoms with Crippen molar-refractivity contribution in [2.45, 2.75) is 48.6 Å². The van der Waals surface area contributed by atoms with Gasteiger partial charge < -0.3 is 5.11 Å². The van der Waals surface area contributed by atoms with Gasteiger partial charge in [-0.15, -0.1) is 0 Å². The highest BCUT2D eigenvalue weighted by Crippen LogP contribution is 2.60. The molecular weight excluding hydrogens is 378 g/mol. The molecular formula is C8H4F14O. The minimum Gasteiger partial charge on any atom is -0.378 e. The molecule has 0 radical (unpaired) electrons. The molecule has 0 spiro atoms. The van der Waals surface area contributed by atoms with E-state index in [2.05, 4.69) is 0 Å². The second kappa shape index (κ2) is 4.99. The predicted molar refractivity (Wildman–Crippen MR) is 42.5 cm³/mol. The second-order valence-corrected chi connectivity index (χ2v) is 4.37. The van der Waals surface area contributed by atoms with Gasteiger partial charge in [0, 0.05) is 0 Å². The lowest BCUT2D eigenvalue weighted by Gasteiger charge is -2.44. The molecule has 0 saturated heterocycles. The molecule has 23 heavy (non-hydrogen) atoms. The third-order valence-electron chi connectivity index (χ3n) is 2.72. The molecule has 1 N–H and O–H groups in total. The molecule has 0 aliphatic rings. The molecule has 0 atom stereocenters. The van der Waals surface area contributed by atoms with Crippen LogP contribution in [-0.2, 0) is 0 Å². The van der Waals surface area contributed by atoms with Crippen LogP contribution < -0.4 is 0 Å². The van der Waals surface area contributed by atoms with Gasteiger partial charge in [0.05, 0.1) is 0 Å². The lowest BCUT2D eigenvalue weighted by molar-refractivity contribution is -0.445. The van der Waals surface area contributed by atoms with Gasteiger partial charge in [-0.1, -0.05) is 0 Å². The maximum atomic E-state index is 13.0. The first-order chi connectivity index (χ1) is 9.50. The molecule has 0 unspecified atom stereocenters. The normalized spacial score (nSPS) is 16.7. The van der Waals surface area contributed by atoms with E-state index in [4.69, 9.17) is 5.11 Å². The molecule has 15 heteroatoms. The summed E-state index contributed by atoms with van der Waals surface area (Å²) in [6.45, 7) is -1.40. The van der Waals surface area contributed by atoms with Crippen LogP contribution in [0.25, 0.3) is 0 Å². The van der Waals surface area contributed by atoms with E-state index in [9.17, 15) is 61.5 Å². The van der Waals surface area contributed by atoms with E-state index in [-0.39, 0.29) is 0 Å². The van der Waals surface area contributed by atoms with Gasteiger partial charge in [0.1, 0.15) is 0 Å². The van der Waals surface area contributed by atoms with E-state index in [0.717, 1.165) is 0 Å². The smallest absolute Gasteiger partial charge is 0.378 e. The van der Waals surface area contributed by atoms with Crippen LogP contribution in [-0.4, -0.2) is 46.8 Å². The van der Waals surface area contributed by atoms with Crippen molar-refractivity contribution in [2.75, 3.05) is 0 Å². The van der Waals surface area contributed by atoms with Gasteiger partial charge in [-0.3, -0.25) is 0 Å². The van der Waals surface area contributed by atoms with Crippen molar-refractivity contribution >= 4 is 0 Å². The van der Waals surface area contributed by atoms with Gasteiger partial charge in [-0.05, 0) is 6.92 Å². The minimum atomic E-state index is -7.55. The highest BCUT2D eigenvalue weighted by molar-refractivity contribution is 5.14. The predicted octanol–water partition coefficient (Wildman–Crippen LogP) is 4.40. The first kappa shape index (κ1) is 22.0. The van der Waals surface area contributed by atoms with Crippen LogP contribution in [0.15, 0.2) is 0 Å². The minimum absolute atomic E-state index is 1.40. The van der Waals surface area contributed by atoms with Crippen LogP contribution in [0.4, 0.5) is 61.5 Å². The molecule has 0 aromatic rings. The Kier molecular flexibility index (Phi) is 4.77. The first-order valence-corrected chi connectivity index (χ1v) is 4.87. The SMILES string of the molecule is CC(O)(C(F)(F)C(F)(F)C(F)(F)F)C(F)(F)C(F)(F)C(F)(F)F. The van der Waals surface area contributed by atoms with Gasteiger partial charge in [0.15, 0.2) is 0 Å². The Hall–Kier alpha value is -1.02. The van der Waals surface area contributed by atoms with Crippen LogP contribution in [0.1, 0.15) is 6.92 Å².